The summed E-state index contributed by atoms with van der Waals surface area (Å²) in [6.45, 7) is 0. The number of para-hydroxylation sites is 1. The third-order valence-electron chi connectivity index (χ3n) is 3.71. The maximum absolute atomic E-state index is 12.0. The molecule has 3 rings (SSSR count). The van der Waals surface area contributed by atoms with Gasteiger partial charge in [0, 0.05) is 11.3 Å². The van der Waals surface area contributed by atoms with Crippen molar-refractivity contribution in [3.63, 3.8) is 0 Å². The van der Waals surface area contributed by atoms with Crippen molar-refractivity contribution < 1.29 is 9.90 Å². The number of hydrogen-bond acceptors (Lipinski definition) is 4. The lowest BCUT2D eigenvalue weighted by molar-refractivity contribution is -0.116. The summed E-state index contributed by atoms with van der Waals surface area (Å²) in [5.41, 5.74) is 1.95. The maximum Gasteiger partial charge on any atom is 0.226 e. The summed E-state index contributed by atoms with van der Waals surface area (Å²) in [6, 6.07) is 7.12. The van der Waals surface area contributed by atoms with Crippen LogP contribution >= 0.6 is 11.3 Å². The summed E-state index contributed by atoms with van der Waals surface area (Å²) in [5.74, 6) is 0.194. The van der Waals surface area contributed by atoms with Crippen molar-refractivity contribution in [2.75, 3.05) is 5.32 Å². The molecule has 1 aromatic carbocycles. The summed E-state index contributed by atoms with van der Waals surface area (Å²) in [7, 11) is 0. The third kappa shape index (κ3) is 3.42. The molecule has 2 aromatic rings. The summed E-state index contributed by atoms with van der Waals surface area (Å²) in [6.07, 6.45) is 5.40. The van der Waals surface area contributed by atoms with E-state index in [4.69, 9.17) is 0 Å². The molecule has 0 bridgehead atoms. The molecule has 1 aromatic heterocycles. The Morgan fingerprint density at radius 1 is 1.29 bits per heavy atom. The van der Waals surface area contributed by atoms with Crippen LogP contribution in [0.2, 0.25) is 0 Å². The zero-order valence-corrected chi connectivity index (χ0v) is 12.6. The first kappa shape index (κ1) is 14.1. The average Bonchev–Trinajstić information content (AvgIpc) is 2.88. The van der Waals surface area contributed by atoms with E-state index in [2.05, 4.69) is 10.3 Å². The molecule has 0 spiro atoms. The number of fused-ring (bicyclic) bond motifs is 1. The third-order valence-corrected chi connectivity index (χ3v) is 4.78. The van der Waals surface area contributed by atoms with Gasteiger partial charge in [-0.25, -0.2) is 4.98 Å². The van der Waals surface area contributed by atoms with Gasteiger partial charge in [0.05, 0.1) is 5.69 Å². The Morgan fingerprint density at radius 2 is 2.10 bits per heavy atom. The number of nitrogens with zero attached hydrogens (tertiary/aromatic N) is 1. The predicted molar refractivity (Wildman–Crippen MR) is 83.8 cm³/mol. The number of nitrogens with one attached hydrogen (secondary N) is 1. The molecule has 1 aliphatic carbocycles. The van der Waals surface area contributed by atoms with Gasteiger partial charge in [-0.05, 0) is 43.7 Å². The van der Waals surface area contributed by atoms with E-state index in [1.807, 2.05) is 12.1 Å². The molecule has 110 valence electrons. The van der Waals surface area contributed by atoms with E-state index in [1.54, 1.807) is 23.5 Å². The van der Waals surface area contributed by atoms with Crippen LogP contribution in [0.4, 0.5) is 5.13 Å². The average molecular weight is 302 g/mol. The van der Waals surface area contributed by atoms with E-state index < -0.39 is 0 Å². The van der Waals surface area contributed by atoms with E-state index in [0.717, 1.165) is 24.1 Å². The minimum Gasteiger partial charge on any atom is -0.508 e. The smallest absolute Gasteiger partial charge is 0.226 e. The Bertz CT molecular complexity index is 628. The van der Waals surface area contributed by atoms with Crippen molar-refractivity contribution in [2.24, 2.45) is 0 Å². The van der Waals surface area contributed by atoms with Crippen molar-refractivity contribution in [2.45, 2.75) is 38.5 Å². The van der Waals surface area contributed by atoms with Gasteiger partial charge in [0.1, 0.15) is 5.75 Å². The fourth-order valence-electron chi connectivity index (χ4n) is 2.56. The molecule has 5 heteroatoms. The van der Waals surface area contributed by atoms with Crippen LogP contribution in [0.15, 0.2) is 24.3 Å². The second-order valence-corrected chi connectivity index (χ2v) is 6.36. The number of thiazole rings is 1. The van der Waals surface area contributed by atoms with Crippen LogP contribution in [0.25, 0.3) is 0 Å². The molecule has 1 amide bonds. The Labute approximate surface area is 127 Å². The van der Waals surface area contributed by atoms with Crippen LogP contribution in [0.5, 0.6) is 5.75 Å². The van der Waals surface area contributed by atoms with Gasteiger partial charge in [-0.3, -0.25) is 4.79 Å². The Kier molecular flexibility index (Phi) is 4.20. The molecule has 0 fully saturated rings. The van der Waals surface area contributed by atoms with E-state index in [1.165, 1.54) is 17.7 Å². The lowest BCUT2D eigenvalue weighted by Crippen LogP contribution is -2.12. The number of phenols is 1. The highest BCUT2D eigenvalue weighted by molar-refractivity contribution is 7.15. The van der Waals surface area contributed by atoms with E-state index in [0.29, 0.717) is 18.0 Å². The van der Waals surface area contributed by atoms with Crippen LogP contribution in [-0.4, -0.2) is 16.0 Å². The second kappa shape index (κ2) is 6.26. The Balaban J connectivity index is 1.57. The molecule has 0 saturated heterocycles. The number of phenolic OH excluding ortho intramolecular Hbond substituents is 1. The number of amides is 1. The molecular weight excluding hydrogens is 284 g/mol. The zero-order valence-electron chi connectivity index (χ0n) is 11.8. The standard InChI is InChI=1S/C16H18N2O2S/c19-13-7-3-1-5-11(13)9-10-15(20)18-16-17-12-6-2-4-8-14(12)21-16/h1,3,5,7,19H,2,4,6,8-10H2,(H,17,18,20). The number of aromatic hydroxyl groups is 1. The molecule has 21 heavy (non-hydrogen) atoms. The molecule has 1 aliphatic rings. The fourth-order valence-corrected chi connectivity index (χ4v) is 3.62. The fraction of sp³-hybridized carbons (Fsp3) is 0.375. The van der Waals surface area contributed by atoms with Crippen molar-refractivity contribution in [1.29, 1.82) is 0 Å². The summed E-state index contributed by atoms with van der Waals surface area (Å²) >= 11 is 1.60. The van der Waals surface area contributed by atoms with Crippen molar-refractivity contribution in [3.8, 4) is 5.75 Å². The van der Waals surface area contributed by atoms with Crippen LogP contribution in [0, 0.1) is 0 Å². The maximum atomic E-state index is 12.0. The normalized spacial score (nSPS) is 13.7. The number of carbonyl (C=O) groups is 1. The minimum absolute atomic E-state index is 0.0515. The van der Waals surface area contributed by atoms with Gasteiger partial charge in [-0.2, -0.15) is 0 Å². The lowest BCUT2D eigenvalue weighted by Gasteiger charge is -2.06. The predicted octanol–water partition coefficient (Wildman–Crippen LogP) is 3.30. The van der Waals surface area contributed by atoms with E-state index in [9.17, 15) is 9.90 Å². The van der Waals surface area contributed by atoms with Crippen molar-refractivity contribution in [3.05, 3.63) is 40.4 Å². The second-order valence-electron chi connectivity index (χ2n) is 5.27. The van der Waals surface area contributed by atoms with Crippen molar-refractivity contribution >= 4 is 22.4 Å². The van der Waals surface area contributed by atoms with Crippen LogP contribution in [-0.2, 0) is 24.1 Å². The summed E-state index contributed by atoms with van der Waals surface area (Å²) in [4.78, 5) is 17.8. The van der Waals surface area contributed by atoms with Gasteiger partial charge in [0.2, 0.25) is 5.91 Å². The van der Waals surface area contributed by atoms with Crippen LogP contribution in [0.1, 0.15) is 35.4 Å². The highest BCUT2D eigenvalue weighted by Crippen LogP contribution is 2.29. The summed E-state index contributed by atoms with van der Waals surface area (Å²) < 4.78 is 0. The summed E-state index contributed by atoms with van der Waals surface area (Å²) in [5, 5.41) is 13.3. The Hall–Kier alpha value is -1.88. The highest BCUT2D eigenvalue weighted by atomic mass is 32.1. The first-order valence-corrected chi connectivity index (χ1v) is 8.09. The van der Waals surface area contributed by atoms with Crippen LogP contribution in [0.3, 0.4) is 0 Å². The Morgan fingerprint density at radius 3 is 2.90 bits per heavy atom. The molecule has 0 radical (unpaired) electrons. The van der Waals surface area contributed by atoms with Crippen molar-refractivity contribution in [1.82, 2.24) is 4.98 Å². The molecule has 4 nitrogen and oxygen atoms in total. The number of hydrogen-bond donors (Lipinski definition) is 2. The molecule has 0 unspecified atom stereocenters. The number of benzene rings is 1. The molecule has 0 atom stereocenters. The quantitative estimate of drug-likeness (QED) is 0.911. The van der Waals surface area contributed by atoms with E-state index in [-0.39, 0.29) is 11.7 Å². The van der Waals surface area contributed by atoms with E-state index >= 15 is 0 Å². The van der Waals surface area contributed by atoms with Crippen LogP contribution < -0.4 is 5.32 Å². The number of anilines is 1. The first-order chi connectivity index (χ1) is 10.2. The van der Waals surface area contributed by atoms with Gasteiger partial charge in [0.15, 0.2) is 5.13 Å². The first-order valence-electron chi connectivity index (χ1n) is 7.27. The number of carbonyl (C=O) groups excluding carboxylic acids is 1. The molecular formula is C16H18N2O2S. The van der Waals surface area contributed by atoms with Gasteiger partial charge >= 0.3 is 0 Å². The lowest BCUT2D eigenvalue weighted by atomic mass is 10.0. The van der Waals surface area contributed by atoms with Gasteiger partial charge in [0.25, 0.3) is 0 Å². The molecule has 1 heterocycles. The van der Waals surface area contributed by atoms with Gasteiger partial charge in [-0.1, -0.05) is 18.2 Å². The largest absolute Gasteiger partial charge is 0.508 e. The van der Waals surface area contributed by atoms with Gasteiger partial charge < -0.3 is 10.4 Å². The zero-order chi connectivity index (χ0) is 14.7. The molecule has 0 aliphatic heterocycles. The monoisotopic (exact) mass is 302 g/mol. The molecule has 2 N–H and O–H groups in total. The highest BCUT2D eigenvalue weighted by Gasteiger charge is 2.16. The SMILES string of the molecule is O=C(CCc1ccccc1O)Nc1nc2c(s1)CCCC2. The molecule has 0 saturated carbocycles. The number of rotatable bonds is 4. The number of aryl methyl sites for hydroxylation is 3. The number of aromatic nitrogens is 1. The minimum atomic E-state index is -0.0515. The van der Waals surface area contributed by atoms with Gasteiger partial charge in [-0.15, -0.1) is 11.3 Å². The topological polar surface area (TPSA) is 62.2 Å².